The number of amides is 1. The maximum absolute atomic E-state index is 13.3. The quantitative estimate of drug-likeness (QED) is 0.803. The van der Waals surface area contributed by atoms with Crippen molar-refractivity contribution in [1.29, 1.82) is 0 Å². The highest BCUT2D eigenvalue weighted by molar-refractivity contribution is 6.02. The van der Waals surface area contributed by atoms with Crippen LogP contribution in [0.15, 0.2) is 36.4 Å². The summed E-state index contributed by atoms with van der Waals surface area (Å²) in [7, 11) is 0. The van der Waals surface area contributed by atoms with Crippen LogP contribution in [-0.2, 0) is 11.2 Å². The van der Waals surface area contributed by atoms with Gasteiger partial charge in [0.15, 0.2) is 0 Å². The Morgan fingerprint density at radius 3 is 2.96 bits per heavy atom. The van der Waals surface area contributed by atoms with E-state index in [1.807, 2.05) is 32.9 Å². The summed E-state index contributed by atoms with van der Waals surface area (Å²) in [6.07, 6.45) is 4.07. The molecule has 3 rings (SSSR count). The normalized spacial score (nSPS) is 15.6. The molecule has 1 aliphatic rings. The third-order valence-electron chi connectivity index (χ3n) is 4.20. The summed E-state index contributed by atoms with van der Waals surface area (Å²) in [5.74, 6) is 0.811. The van der Waals surface area contributed by atoms with E-state index in [9.17, 15) is 9.18 Å². The third-order valence-corrected chi connectivity index (χ3v) is 4.20. The molecule has 26 heavy (non-hydrogen) atoms. The van der Waals surface area contributed by atoms with Crippen molar-refractivity contribution in [1.82, 2.24) is 0 Å². The third kappa shape index (κ3) is 4.04. The Balaban J connectivity index is 1.80. The first-order valence-electron chi connectivity index (χ1n) is 8.68. The predicted octanol–water partition coefficient (Wildman–Crippen LogP) is 4.51. The Kier molecular flexibility index (Phi) is 5.26. The first kappa shape index (κ1) is 18.0. The van der Waals surface area contributed by atoms with Gasteiger partial charge >= 0.3 is 0 Å². The number of hydrogen-bond acceptors (Lipinski definition) is 3. The SMILES string of the molecule is CCOc1cc2c(cc1/C=C/C(=O)Nc1cc(F)ccc1C)OC(C)C2. The molecule has 0 fully saturated rings. The number of hydrogen-bond donors (Lipinski definition) is 1. The molecule has 0 radical (unpaired) electrons. The highest BCUT2D eigenvalue weighted by atomic mass is 19.1. The van der Waals surface area contributed by atoms with Crippen molar-refractivity contribution >= 4 is 17.7 Å². The average Bonchev–Trinajstić information content (AvgIpc) is 2.95. The Labute approximate surface area is 152 Å². The van der Waals surface area contributed by atoms with Crippen LogP contribution in [0.3, 0.4) is 0 Å². The van der Waals surface area contributed by atoms with Crippen molar-refractivity contribution in [3.05, 3.63) is 58.9 Å². The molecule has 1 heterocycles. The molecule has 0 spiro atoms. The number of benzene rings is 2. The Morgan fingerprint density at radius 1 is 1.38 bits per heavy atom. The van der Waals surface area contributed by atoms with Gasteiger partial charge in [-0.3, -0.25) is 4.79 Å². The van der Waals surface area contributed by atoms with Crippen molar-refractivity contribution in [3.63, 3.8) is 0 Å². The maximum Gasteiger partial charge on any atom is 0.248 e. The number of rotatable bonds is 5. The number of anilines is 1. The van der Waals surface area contributed by atoms with Crippen LogP contribution < -0.4 is 14.8 Å². The van der Waals surface area contributed by atoms with Gasteiger partial charge in [0, 0.05) is 29.3 Å². The molecule has 2 aromatic rings. The molecule has 1 N–H and O–H groups in total. The standard InChI is InChI=1S/C21H22FNO3/c1-4-25-19-11-16-9-14(3)26-20(16)10-15(19)6-8-21(24)23-18-12-17(22)7-5-13(18)2/h5-8,10-12,14H,4,9H2,1-3H3,(H,23,24)/b8-6+. The summed E-state index contributed by atoms with van der Waals surface area (Å²) in [6, 6.07) is 8.15. The van der Waals surface area contributed by atoms with Gasteiger partial charge in [-0.05, 0) is 56.7 Å². The lowest BCUT2D eigenvalue weighted by Gasteiger charge is -2.10. The molecule has 0 saturated heterocycles. The summed E-state index contributed by atoms with van der Waals surface area (Å²) < 4.78 is 24.8. The lowest BCUT2D eigenvalue weighted by molar-refractivity contribution is -0.111. The van der Waals surface area contributed by atoms with Crippen molar-refractivity contribution < 1.29 is 18.7 Å². The fourth-order valence-electron chi connectivity index (χ4n) is 2.93. The lowest BCUT2D eigenvalue weighted by Crippen LogP contribution is -2.09. The van der Waals surface area contributed by atoms with E-state index in [4.69, 9.17) is 9.47 Å². The number of nitrogens with one attached hydrogen (secondary N) is 1. The second kappa shape index (κ2) is 7.60. The minimum Gasteiger partial charge on any atom is -0.493 e. The van der Waals surface area contributed by atoms with Gasteiger partial charge in [-0.15, -0.1) is 0 Å². The summed E-state index contributed by atoms with van der Waals surface area (Å²) in [5.41, 5.74) is 3.13. The van der Waals surface area contributed by atoms with Gasteiger partial charge in [-0.25, -0.2) is 4.39 Å². The zero-order chi connectivity index (χ0) is 18.7. The molecule has 4 nitrogen and oxygen atoms in total. The summed E-state index contributed by atoms with van der Waals surface area (Å²) in [5, 5.41) is 2.69. The lowest BCUT2D eigenvalue weighted by atomic mass is 10.1. The van der Waals surface area contributed by atoms with Gasteiger partial charge in [-0.1, -0.05) is 6.07 Å². The van der Waals surface area contributed by atoms with Crippen LogP contribution in [0.2, 0.25) is 0 Å². The number of carbonyl (C=O) groups excluding carboxylic acids is 1. The molecular formula is C21H22FNO3. The molecule has 1 amide bonds. The van der Waals surface area contributed by atoms with E-state index in [0.717, 1.165) is 34.6 Å². The zero-order valence-corrected chi connectivity index (χ0v) is 15.1. The van der Waals surface area contributed by atoms with Gasteiger partial charge in [0.05, 0.1) is 6.61 Å². The zero-order valence-electron chi connectivity index (χ0n) is 15.1. The van der Waals surface area contributed by atoms with Gasteiger partial charge in [0.25, 0.3) is 0 Å². The van der Waals surface area contributed by atoms with Gasteiger partial charge in [0.2, 0.25) is 5.91 Å². The molecule has 2 aromatic carbocycles. The van der Waals surface area contributed by atoms with Crippen molar-refractivity contribution in [3.8, 4) is 11.5 Å². The molecule has 0 aromatic heterocycles. The van der Waals surface area contributed by atoms with Crippen molar-refractivity contribution in [2.45, 2.75) is 33.3 Å². The first-order valence-corrected chi connectivity index (χ1v) is 8.68. The van der Waals surface area contributed by atoms with Crippen LogP contribution in [0.5, 0.6) is 11.5 Å². The monoisotopic (exact) mass is 355 g/mol. The van der Waals surface area contributed by atoms with Crippen LogP contribution >= 0.6 is 0 Å². The number of carbonyl (C=O) groups is 1. The van der Waals surface area contributed by atoms with Gasteiger partial charge in [0.1, 0.15) is 23.4 Å². The molecule has 1 unspecified atom stereocenters. The van der Waals surface area contributed by atoms with E-state index in [0.29, 0.717) is 12.3 Å². The van der Waals surface area contributed by atoms with E-state index in [1.54, 1.807) is 12.1 Å². The Hall–Kier alpha value is -2.82. The minimum absolute atomic E-state index is 0.137. The molecule has 0 bridgehead atoms. The Morgan fingerprint density at radius 2 is 2.19 bits per heavy atom. The molecule has 0 saturated carbocycles. The average molecular weight is 355 g/mol. The van der Waals surface area contributed by atoms with Gasteiger partial charge in [-0.2, -0.15) is 0 Å². The van der Waals surface area contributed by atoms with Crippen LogP contribution in [0.1, 0.15) is 30.5 Å². The highest BCUT2D eigenvalue weighted by Crippen LogP contribution is 2.35. The fourth-order valence-corrected chi connectivity index (χ4v) is 2.93. The van der Waals surface area contributed by atoms with Crippen molar-refractivity contribution in [2.75, 3.05) is 11.9 Å². The molecule has 136 valence electrons. The first-order chi connectivity index (χ1) is 12.5. The summed E-state index contributed by atoms with van der Waals surface area (Å²) >= 11 is 0. The summed E-state index contributed by atoms with van der Waals surface area (Å²) in [4.78, 5) is 12.2. The highest BCUT2D eigenvalue weighted by Gasteiger charge is 2.21. The molecule has 1 atom stereocenters. The van der Waals surface area contributed by atoms with Crippen LogP contribution in [-0.4, -0.2) is 18.6 Å². The predicted molar refractivity (Wildman–Crippen MR) is 100 cm³/mol. The molecular weight excluding hydrogens is 333 g/mol. The van der Waals surface area contributed by atoms with E-state index in [-0.39, 0.29) is 12.0 Å². The number of halogens is 1. The molecule has 1 aliphatic heterocycles. The minimum atomic E-state index is -0.390. The van der Waals surface area contributed by atoms with Crippen LogP contribution in [0.4, 0.5) is 10.1 Å². The second-order valence-electron chi connectivity index (χ2n) is 6.35. The van der Waals surface area contributed by atoms with E-state index >= 15 is 0 Å². The summed E-state index contributed by atoms with van der Waals surface area (Å²) in [6.45, 7) is 6.28. The van der Waals surface area contributed by atoms with Gasteiger partial charge < -0.3 is 14.8 Å². The van der Waals surface area contributed by atoms with Crippen LogP contribution in [0.25, 0.3) is 6.08 Å². The Bertz CT molecular complexity index is 861. The smallest absolute Gasteiger partial charge is 0.248 e. The fraction of sp³-hybridized carbons (Fsp3) is 0.286. The molecule has 5 heteroatoms. The van der Waals surface area contributed by atoms with Crippen molar-refractivity contribution in [2.24, 2.45) is 0 Å². The number of aryl methyl sites for hydroxylation is 1. The largest absolute Gasteiger partial charge is 0.493 e. The topological polar surface area (TPSA) is 47.6 Å². The number of ether oxygens (including phenoxy) is 2. The van der Waals surface area contributed by atoms with E-state index < -0.39 is 5.82 Å². The van der Waals surface area contributed by atoms with E-state index in [1.165, 1.54) is 18.2 Å². The van der Waals surface area contributed by atoms with Crippen LogP contribution in [0, 0.1) is 12.7 Å². The molecule has 0 aliphatic carbocycles. The number of fused-ring (bicyclic) bond motifs is 1. The maximum atomic E-state index is 13.3. The van der Waals surface area contributed by atoms with E-state index in [2.05, 4.69) is 5.32 Å². The second-order valence-corrected chi connectivity index (χ2v) is 6.35.